The van der Waals surface area contributed by atoms with Crippen molar-refractivity contribution in [3.05, 3.63) is 28.5 Å². The molecular weight excluding hydrogens is 228 g/mol. The number of nitrogens with one attached hydrogen (secondary N) is 1. The largest absolute Gasteiger partial charge is 0.312 e. The zero-order valence-electron chi connectivity index (χ0n) is 8.05. The van der Waals surface area contributed by atoms with E-state index in [1.54, 1.807) is 0 Å². The number of halogens is 1. The van der Waals surface area contributed by atoms with Crippen LogP contribution in [0.1, 0.15) is 31.5 Å². The van der Waals surface area contributed by atoms with E-state index in [1.807, 2.05) is 19.3 Å². The predicted octanol–water partition coefficient (Wildman–Crippen LogP) is 2.90. The fourth-order valence-corrected chi connectivity index (χ4v) is 1.56. The van der Waals surface area contributed by atoms with Crippen molar-refractivity contribution >= 4 is 15.9 Å². The Morgan fingerprint density at radius 2 is 2.31 bits per heavy atom. The lowest BCUT2D eigenvalue weighted by Crippen LogP contribution is -2.17. The van der Waals surface area contributed by atoms with Crippen LogP contribution < -0.4 is 5.32 Å². The average molecular weight is 243 g/mol. The second-order valence-electron chi connectivity index (χ2n) is 3.03. The highest BCUT2D eigenvalue weighted by Crippen LogP contribution is 2.17. The lowest BCUT2D eigenvalue weighted by Gasteiger charge is -2.14. The highest BCUT2D eigenvalue weighted by atomic mass is 79.9. The van der Waals surface area contributed by atoms with Crippen LogP contribution in [0.15, 0.2) is 22.8 Å². The van der Waals surface area contributed by atoms with Crippen molar-refractivity contribution in [3.63, 3.8) is 0 Å². The summed E-state index contributed by atoms with van der Waals surface area (Å²) in [5.74, 6) is 0. The SMILES string of the molecule is CCCC(NC)c1ccc(Br)cn1. The van der Waals surface area contributed by atoms with Crippen LogP contribution >= 0.6 is 15.9 Å². The van der Waals surface area contributed by atoms with Gasteiger partial charge in [0.05, 0.1) is 5.69 Å². The third kappa shape index (κ3) is 3.08. The number of hydrogen-bond donors (Lipinski definition) is 1. The summed E-state index contributed by atoms with van der Waals surface area (Å²) in [5.41, 5.74) is 1.12. The standard InChI is InChI=1S/C10H15BrN2/c1-3-4-9(12-2)10-6-5-8(11)7-13-10/h5-7,9,12H,3-4H2,1-2H3. The zero-order chi connectivity index (χ0) is 9.68. The van der Waals surface area contributed by atoms with Crippen molar-refractivity contribution < 1.29 is 0 Å². The van der Waals surface area contributed by atoms with Gasteiger partial charge in [-0.2, -0.15) is 0 Å². The van der Waals surface area contributed by atoms with Gasteiger partial charge in [0.2, 0.25) is 0 Å². The van der Waals surface area contributed by atoms with Gasteiger partial charge in [-0.3, -0.25) is 4.98 Å². The molecule has 3 heteroatoms. The van der Waals surface area contributed by atoms with Crippen LogP contribution in [-0.2, 0) is 0 Å². The first kappa shape index (κ1) is 10.7. The third-order valence-corrected chi connectivity index (χ3v) is 2.50. The van der Waals surface area contributed by atoms with Gasteiger partial charge in [0.1, 0.15) is 0 Å². The number of hydrogen-bond acceptors (Lipinski definition) is 2. The molecule has 0 aliphatic carbocycles. The molecule has 0 saturated heterocycles. The maximum atomic E-state index is 4.36. The van der Waals surface area contributed by atoms with E-state index in [2.05, 4.69) is 39.2 Å². The second-order valence-corrected chi connectivity index (χ2v) is 3.95. The topological polar surface area (TPSA) is 24.9 Å². The van der Waals surface area contributed by atoms with Crippen LogP contribution in [0.5, 0.6) is 0 Å². The normalized spacial score (nSPS) is 12.8. The summed E-state index contributed by atoms with van der Waals surface area (Å²) in [4.78, 5) is 4.36. The van der Waals surface area contributed by atoms with E-state index in [4.69, 9.17) is 0 Å². The van der Waals surface area contributed by atoms with E-state index in [0.717, 1.165) is 16.6 Å². The van der Waals surface area contributed by atoms with E-state index in [0.29, 0.717) is 6.04 Å². The molecular formula is C10H15BrN2. The van der Waals surface area contributed by atoms with E-state index in [9.17, 15) is 0 Å². The van der Waals surface area contributed by atoms with Gasteiger partial charge < -0.3 is 5.32 Å². The molecule has 1 unspecified atom stereocenters. The van der Waals surface area contributed by atoms with Crippen LogP contribution in [0.4, 0.5) is 0 Å². The highest BCUT2D eigenvalue weighted by molar-refractivity contribution is 9.10. The van der Waals surface area contributed by atoms with Crippen molar-refractivity contribution in [3.8, 4) is 0 Å². The summed E-state index contributed by atoms with van der Waals surface area (Å²) in [7, 11) is 1.98. The van der Waals surface area contributed by atoms with E-state index < -0.39 is 0 Å². The molecule has 72 valence electrons. The van der Waals surface area contributed by atoms with Crippen molar-refractivity contribution in [2.45, 2.75) is 25.8 Å². The lowest BCUT2D eigenvalue weighted by atomic mass is 10.1. The Bertz CT molecular complexity index is 246. The van der Waals surface area contributed by atoms with Crippen LogP contribution in [-0.4, -0.2) is 12.0 Å². The molecule has 0 bridgehead atoms. The van der Waals surface area contributed by atoms with Crippen LogP contribution in [0.3, 0.4) is 0 Å². The first-order valence-corrected chi connectivity index (χ1v) is 5.36. The van der Waals surface area contributed by atoms with E-state index >= 15 is 0 Å². The van der Waals surface area contributed by atoms with Gasteiger partial charge in [-0.15, -0.1) is 0 Å². The Kier molecular flexibility index (Phi) is 4.39. The van der Waals surface area contributed by atoms with Crippen molar-refractivity contribution in [1.82, 2.24) is 10.3 Å². The Hall–Kier alpha value is -0.410. The molecule has 2 nitrogen and oxygen atoms in total. The van der Waals surface area contributed by atoms with E-state index in [1.165, 1.54) is 6.42 Å². The smallest absolute Gasteiger partial charge is 0.0573 e. The van der Waals surface area contributed by atoms with Gasteiger partial charge in [0, 0.05) is 16.7 Å². The first-order valence-electron chi connectivity index (χ1n) is 4.56. The number of rotatable bonds is 4. The summed E-state index contributed by atoms with van der Waals surface area (Å²) < 4.78 is 1.03. The second kappa shape index (κ2) is 5.35. The van der Waals surface area contributed by atoms with Gasteiger partial charge in [-0.1, -0.05) is 13.3 Å². The summed E-state index contributed by atoms with van der Waals surface area (Å²) in [6, 6.07) is 4.47. The van der Waals surface area contributed by atoms with Crippen molar-refractivity contribution in [1.29, 1.82) is 0 Å². The minimum atomic E-state index is 0.387. The Balaban J connectivity index is 2.73. The molecule has 0 saturated carbocycles. The van der Waals surface area contributed by atoms with Crippen molar-refractivity contribution in [2.24, 2.45) is 0 Å². The number of nitrogens with zero attached hydrogens (tertiary/aromatic N) is 1. The fraction of sp³-hybridized carbons (Fsp3) is 0.500. The van der Waals surface area contributed by atoms with Gasteiger partial charge in [-0.05, 0) is 41.5 Å². The van der Waals surface area contributed by atoms with Gasteiger partial charge >= 0.3 is 0 Å². The minimum absolute atomic E-state index is 0.387. The summed E-state index contributed by atoms with van der Waals surface area (Å²) in [6.45, 7) is 2.18. The van der Waals surface area contributed by atoms with E-state index in [-0.39, 0.29) is 0 Å². The predicted molar refractivity (Wildman–Crippen MR) is 58.6 cm³/mol. The fourth-order valence-electron chi connectivity index (χ4n) is 1.32. The molecule has 1 N–H and O–H groups in total. The van der Waals surface area contributed by atoms with Gasteiger partial charge in [0.15, 0.2) is 0 Å². The van der Waals surface area contributed by atoms with Crippen LogP contribution in [0.2, 0.25) is 0 Å². The third-order valence-electron chi connectivity index (χ3n) is 2.03. The average Bonchev–Trinajstić information content (AvgIpc) is 2.16. The molecule has 0 aromatic carbocycles. The quantitative estimate of drug-likeness (QED) is 0.879. The molecule has 13 heavy (non-hydrogen) atoms. The Morgan fingerprint density at radius 1 is 1.54 bits per heavy atom. The lowest BCUT2D eigenvalue weighted by molar-refractivity contribution is 0.528. The highest BCUT2D eigenvalue weighted by Gasteiger charge is 2.08. The summed E-state index contributed by atoms with van der Waals surface area (Å²) in [5, 5.41) is 3.26. The Labute approximate surface area is 87.9 Å². The molecule has 1 rings (SSSR count). The molecule has 0 aliphatic rings. The van der Waals surface area contributed by atoms with Gasteiger partial charge in [0.25, 0.3) is 0 Å². The molecule has 1 atom stereocenters. The van der Waals surface area contributed by atoms with Crippen molar-refractivity contribution in [2.75, 3.05) is 7.05 Å². The molecule has 0 fully saturated rings. The maximum Gasteiger partial charge on any atom is 0.0573 e. The first-order chi connectivity index (χ1) is 6.27. The minimum Gasteiger partial charge on any atom is -0.312 e. The van der Waals surface area contributed by atoms with Crippen LogP contribution in [0.25, 0.3) is 0 Å². The molecule has 0 amide bonds. The monoisotopic (exact) mass is 242 g/mol. The molecule has 1 aromatic rings. The maximum absolute atomic E-state index is 4.36. The number of pyridine rings is 1. The van der Waals surface area contributed by atoms with Crippen LogP contribution in [0, 0.1) is 0 Å². The molecule has 1 aromatic heterocycles. The Morgan fingerprint density at radius 3 is 2.77 bits per heavy atom. The molecule has 1 heterocycles. The van der Waals surface area contributed by atoms with Gasteiger partial charge in [-0.25, -0.2) is 0 Å². The summed E-state index contributed by atoms with van der Waals surface area (Å²) in [6.07, 6.45) is 4.14. The molecule has 0 radical (unpaired) electrons. The molecule has 0 spiro atoms. The summed E-state index contributed by atoms with van der Waals surface area (Å²) >= 11 is 3.37. The molecule has 0 aliphatic heterocycles. The number of aromatic nitrogens is 1. The zero-order valence-corrected chi connectivity index (χ0v) is 9.63.